The Balaban J connectivity index is 1.61. The first-order chi connectivity index (χ1) is 14.9. The lowest BCUT2D eigenvalue weighted by molar-refractivity contribution is -0.118. The fourth-order valence-electron chi connectivity index (χ4n) is 3.50. The lowest BCUT2D eigenvalue weighted by atomic mass is 10.1. The van der Waals surface area contributed by atoms with E-state index in [1.165, 1.54) is 17.6 Å². The molecule has 0 atom stereocenters. The Morgan fingerprint density at radius 2 is 1.90 bits per heavy atom. The number of ether oxygens (including phenoxy) is 1. The van der Waals surface area contributed by atoms with Gasteiger partial charge in [-0.15, -0.1) is 0 Å². The molecule has 1 amide bonds. The van der Waals surface area contributed by atoms with E-state index >= 15 is 0 Å². The number of carbonyl (C=O) groups excluding carboxylic acids is 1. The molecular weight excluding hydrogens is 434 g/mol. The lowest BCUT2D eigenvalue weighted by Gasteiger charge is -2.29. The molecular formula is C22H25N3O4S2. The van der Waals surface area contributed by atoms with Gasteiger partial charge in [0, 0.05) is 32.4 Å². The molecule has 0 radical (unpaired) electrons. The van der Waals surface area contributed by atoms with E-state index in [2.05, 4.69) is 9.88 Å². The van der Waals surface area contributed by atoms with Gasteiger partial charge in [0.1, 0.15) is 0 Å². The number of amides is 1. The number of rotatable bonds is 7. The van der Waals surface area contributed by atoms with E-state index in [9.17, 15) is 13.2 Å². The molecule has 7 nitrogen and oxygen atoms in total. The molecule has 0 bridgehead atoms. The summed E-state index contributed by atoms with van der Waals surface area (Å²) in [6.07, 6.45) is 1.47. The third-order valence-electron chi connectivity index (χ3n) is 5.25. The monoisotopic (exact) mass is 459 g/mol. The normalized spacial score (nSPS) is 15.3. The van der Waals surface area contributed by atoms with Gasteiger partial charge in [0.05, 0.1) is 34.7 Å². The van der Waals surface area contributed by atoms with E-state index < -0.39 is 9.84 Å². The third kappa shape index (κ3) is 5.48. The van der Waals surface area contributed by atoms with Crippen LogP contribution in [0.15, 0.2) is 53.4 Å². The highest BCUT2D eigenvalue weighted by Crippen LogP contribution is 2.31. The van der Waals surface area contributed by atoms with Crippen molar-refractivity contribution in [1.29, 1.82) is 0 Å². The van der Waals surface area contributed by atoms with Crippen molar-refractivity contribution in [3.05, 3.63) is 54.1 Å². The van der Waals surface area contributed by atoms with Gasteiger partial charge >= 0.3 is 0 Å². The Kier molecular flexibility index (Phi) is 6.66. The quantitative estimate of drug-likeness (QED) is 0.540. The Morgan fingerprint density at radius 1 is 1.16 bits per heavy atom. The van der Waals surface area contributed by atoms with Gasteiger partial charge in [0.25, 0.3) is 0 Å². The maximum atomic E-state index is 13.2. The molecule has 1 saturated heterocycles. The molecule has 1 aliphatic heterocycles. The third-order valence-corrected chi connectivity index (χ3v) is 7.40. The number of nitrogens with zero attached hydrogens (tertiary/aromatic N) is 3. The molecule has 31 heavy (non-hydrogen) atoms. The lowest BCUT2D eigenvalue weighted by Crippen LogP contribution is -2.43. The van der Waals surface area contributed by atoms with Gasteiger partial charge in [0.2, 0.25) is 5.91 Å². The second kappa shape index (κ2) is 9.44. The van der Waals surface area contributed by atoms with E-state index in [-0.39, 0.29) is 17.2 Å². The first-order valence-corrected chi connectivity index (χ1v) is 12.9. The average Bonchev–Trinajstić information content (AvgIpc) is 3.17. The van der Waals surface area contributed by atoms with Crippen molar-refractivity contribution in [1.82, 2.24) is 9.88 Å². The highest BCUT2D eigenvalue weighted by molar-refractivity contribution is 7.90. The molecule has 0 unspecified atom stereocenters. The molecule has 4 rings (SSSR count). The molecule has 0 spiro atoms. The predicted octanol–water partition coefficient (Wildman–Crippen LogP) is 2.61. The Labute approximate surface area is 186 Å². The number of thiazole rings is 1. The SMILES string of the molecule is CS(=O)(=O)c1ccc2nc(N(CCN3CCOCC3)C(=O)Cc3ccccc3)sc2c1. The first kappa shape index (κ1) is 21.9. The average molecular weight is 460 g/mol. The second-order valence-corrected chi connectivity index (χ2v) is 10.6. The molecule has 2 heterocycles. The summed E-state index contributed by atoms with van der Waals surface area (Å²) in [6, 6.07) is 14.5. The number of fused-ring (bicyclic) bond motifs is 1. The van der Waals surface area contributed by atoms with Crippen LogP contribution in [-0.4, -0.2) is 69.9 Å². The topological polar surface area (TPSA) is 79.8 Å². The highest BCUT2D eigenvalue weighted by Gasteiger charge is 2.22. The number of benzene rings is 2. The Bertz CT molecular complexity index is 1160. The van der Waals surface area contributed by atoms with Crippen molar-refractivity contribution in [3.8, 4) is 0 Å². The van der Waals surface area contributed by atoms with Crippen LogP contribution in [0.1, 0.15) is 5.56 Å². The Morgan fingerprint density at radius 3 is 2.61 bits per heavy atom. The van der Waals surface area contributed by atoms with Gasteiger partial charge in [-0.25, -0.2) is 13.4 Å². The maximum Gasteiger partial charge on any atom is 0.233 e. The van der Waals surface area contributed by atoms with Crippen molar-refractivity contribution in [2.75, 3.05) is 50.5 Å². The molecule has 164 valence electrons. The van der Waals surface area contributed by atoms with Crippen molar-refractivity contribution in [2.24, 2.45) is 0 Å². The van der Waals surface area contributed by atoms with Gasteiger partial charge in [-0.3, -0.25) is 14.6 Å². The molecule has 1 aromatic heterocycles. The molecule has 9 heteroatoms. The van der Waals surface area contributed by atoms with Crippen molar-refractivity contribution < 1.29 is 17.9 Å². The van der Waals surface area contributed by atoms with Gasteiger partial charge in [-0.2, -0.15) is 0 Å². The number of carbonyl (C=O) groups is 1. The number of hydrogen-bond acceptors (Lipinski definition) is 7. The summed E-state index contributed by atoms with van der Waals surface area (Å²) in [5.74, 6) is -0.0261. The van der Waals surface area contributed by atoms with E-state index in [4.69, 9.17) is 4.74 Å². The number of aromatic nitrogens is 1. The van der Waals surface area contributed by atoms with Gasteiger partial charge in [-0.05, 0) is 23.8 Å². The summed E-state index contributed by atoms with van der Waals surface area (Å²) >= 11 is 1.35. The van der Waals surface area contributed by atoms with Crippen LogP contribution in [0, 0.1) is 0 Å². The zero-order valence-electron chi connectivity index (χ0n) is 17.4. The van der Waals surface area contributed by atoms with Crippen LogP contribution in [0.4, 0.5) is 5.13 Å². The van der Waals surface area contributed by atoms with Gasteiger partial charge in [-0.1, -0.05) is 41.7 Å². The smallest absolute Gasteiger partial charge is 0.233 e. The Hall–Kier alpha value is -2.33. The van der Waals surface area contributed by atoms with Gasteiger partial charge in [0.15, 0.2) is 15.0 Å². The molecule has 0 saturated carbocycles. The second-order valence-electron chi connectivity index (χ2n) is 7.56. The zero-order valence-corrected chi connectivity index (χ0v) is 19.0. The molecule has 0 aliphatic carbocycles. The van der Waals surface area contributed by atoms with Crippen LogP contribution in [0.2, 0.25) is 0 Å². The predicted molar refractivity (Wildman–Crippen MR) is 122 cm³/mol. The molecule has 1 fully saturated rings. The minimum atomic E-state index is -3.31. The summed E-state index contributed by atoms with van der Waals surface area (Å²) in [6.45, 7) is 4.34. The summed E-state index contributed by atoms with van der Waals surface area (Å²) in [4.78, 5) is 22.2. The molecule has 3 aromatic rings. The van der Waals surface area contributed by atoms with Gasteiger partial charge < -0.3 is 4.74 Å². The van der Waals surface area contributed by atoms with E-state index in [1.54, 1.807) is 23.1 Å². The molecule has 2 aromatic carbocycles. The minimum Gasteiger partial charge on any atom is -0.379 e. The van der Waals surface area contributed by atoms with E-state index in [0.29, 0.717) is 30.4 Å². The largest absolute Gasteiger partial charge is 0.379 e. The molecule has 1 aliphatic rings. The number of anilines is 1. The summed E-state index contributed by atoms with van der Waals surface area (Å²) in [7, 11) is -3.31. The maximum absolute atomic E-state index is 13.2. The standard InChI is InChI=1S/C22H25N3O4S2/c1-31(27,28)18-7-8-19-20(16-18)30-22(23-19)25(10-9-24-11-13-29-14-12-24)21(26)15-17-5-3-2-4-6-17/h2-8,16H,9-15H2,1H3. The van der Waals surface area contributed by atoms with Crippen molar-refractivity contribution in [2.45, 2.75) is 11.3 Å². The fourth-order valence-corrected chi connectivity index (χ4v) is 5.27. The van der Waals surface area contributed by atoms with Crippen molar-refractivity contribution in [3.63, 3.8) is 0 Å². The van der Waals surface area contributed by atoms with Crippen molar-refractivity contribution >= 4 is 42.4 Å². The summed E-state index contributed by atoms with van der Waals surface area (Å²) in [5.41, 5.74) is 1.64. The van der Waals surface area contributed by atoms with Crippen LogP contribution in [0.25, 0.3) is 10.2 Å². The van der Waals surface area contributed by atoms with Crippen LogP contribution >= 0.6 is 11.3 Å². The zero-order chi connectivity index (χ0) is 21.8. The molecule has 0 N–H and O–H groups in total. The summed E-state index contributed by atoms with van der Waals surface area (Å²) in [5, 5.41) is 0.592. The van der Waals surface area contributed by atoms with E-state index in [0.717, 1.165) is 29.9 Å². The van der Waals surface area contributed by atoms with Crippen LogP contribution in [0.5, 0.6) is 0 Å². The van der Waals surface area contributed by atoms with Crippen LogP contribution in [-0.2, 0) is 25.8 Å². The summed E-state index contributed by atoms with van der Waals surface area (Å²) < 4.78 is 30.0. The van der Waals surface area contributed by atoms with Crippen LogP contribution in [0.3, 0.4) is 0 Å². The minimum absolute atomic E-state index is 0.0261. The fraction of sp³-hybridized carbons (Fsp3) is 0.364. The van der Waals surface area contributed by atoms with E-state index in [1.807, 2.05) is 30.3 Å². The highest BCUT2D eigenvalue weighted by atomic mass is 32.2. The first-order valence-electron chi connectivity index (χ1n) is 10.2. The number of hydrogen-bond donors (Lipinski definition) is 0. The number of morpholine rings is 1. The number of sulfone groups is 1. The van der Waals surface area contributed by atoms with Crippen LogP contribution < -0.4 is 4.90 Å².